The van der Waals surface area contributed by atoms with E-state index in [0.717, 1.165) is 5.69 Å². The third-order valence-corrected chi connectivity index (χ3v) is 7.55. The minimum absolute atomic E-state index is 0.113. The second-order valence-electron chi connectivity index (χ2n) is 10.1. The molecule has 2 aromatic carbocycles. The number of para-hydroxylation sites is 1. The molecule has 37 heavy (non-hydrogen) atoms. The van der Waals surface area contributed by atoms with Crippen molar-refractivity contribution >= 4 is 34.3 Å². The Kier molecular flexibility index (Phi) is 5.28. The summed E-state index contributed by atoms with van der Waals surface area (Å²) in [5.41, 5.74) is 4.67. The molecule has 10 heteroatoms. The first-order valence-electron chi connectivity index (χ1n) is 12.4. The average molecular weight is 520 g/mol. The maximum atomic E-state index is 9.92. The van der Waals surface area contributed by atoms with E-state index in [2.05, 4.69) is 57.3 Å². The van der Waals surface area contributed by atoms with Crippen molar-refractivity contribution in [3.63, 3.8) is 0 Å². The van der Waals surface area contributed by atoms with Crippen molar-refractivity contribution in [3.8, 4) is 0 Å². The highest BCUT2D eigenvalue weighted by molar-refractivity contribution is 6.28. The number of aromatic nitrogens is 4. The fraction of sp³-hybridized carbons (Fsp3) is 0.370. The Hall–Kier alpha value is -3.08. The number of fused-ring (bicyclic) bond motifs is 3. The number of rotatable bonds is 4. The summed E-state index contributed by atoms with van der Waals surface area (Å²) in [5.74, 6) is 0.0283. The normalized spacial score (nSPS) is 28.1. The summed E-state index contributed by atoms with van der Waals surface area (Å²) in [5, 5.41) is 10.0. The van der Waals surface area contributed by atoms with Gasteiger partial charge < -0.3 is 24.2 Å². The van der Waals surface area contributed by atoms with E-state index in [0.29, 0.717) is 23.5 Å². The van der Waals surface area contributed by atoms with Gasteiger partial charge in [-0.05, 0) is 42.6 Å². The lowest BCUT2D eigenvalue weighted by molar-refractivity contribution is -0.199. The standard InChI is InChI=1S/C27H26ClN5O4/c1-27(2)36-21-19(13-34)35-25(22(21)37-27)33-14-29-20-23(30-26(28)31-24(20)33)32-12-17(15-8-4-3-5-9-15)16-10-6-7-11-18(16)32/h3-11,14,17,19,21-22,25,34H,12-13H2,1-2H3/t17?,19-,21?,22?,25-/m1/s1. The molecule has 5 atom stereocenters. The van der Waals surface area contributed by atoms with Crippen molar-refractivity contribution in [3.05, 3.63) is 77.3 Å². The zero-order valence-electron chi connectivity index (χ0n) is 20.4. The van der Waals surface area contributed by atoms with Crippen LogP contribution in [0.4, 0.5) is 11.5 Å². The van der Waals surface area contributed by atoms with Crippen molar-refractivity contribution < 1.29 is 19.3 Å². The molecule has 5 heterocycles. The molecule has 0 spiro atoms. The Balaban J connectivity index is 1.32. The molecule has 3 unspecified atom stereocenters. The molecule has 4 aromatic rings. The highest BCUT2D eigenvalue weighted by atomic mass is 35.5. The third-order valence-electron chi connectivity index (χ3n) is 7.38. The summed E-state index contributed by atoms with van der Waals surface area (Å²) in [6.45, 7) is 4.22. The van der Waals surface area contributed by atoms with Gasteiger partial charge in [-0.1, -0.05) is 48.5 Å². The van der Waals surface area contributed by atoms with Gasteiger partial charge in [-0.3, -0.25) is 4.57 Å². The highest BCUT2D eigenvalue weighted by Gasteiger charge is 2.56. The average Bonchev–Trinajstić information content (AvgIpc) is 3.64. The van der Waals surface area contributed by atoms with Crippen molar-refractivity contribution in [2.24, 2.45) is 0 Å². The van der Waals surface area contributed by atoms with Crippen molar-refractivity contribution in [2.75, 3.05) is 18.1 Å². The lowest BCUT2D eigenvalue weighted by Crippen LogP contribution is -2.31. The maximum Gasteiger partial charge on any atom is 0.226 e. The number of ether oxygens (including phenoxy) is 3. The lowest BCUT2D eigenvalue weighted by Gasteiger charge is -2.24. The van der Waals surface area contributed by atoms with E-state index in [1.165, 1.54) is 11.1 Å². The minimum atomic E-state index is -0.787. The molecule has 3 aliphatic heterocycles. The van der Waals surface area contributed by atoms with Crippen LogP contribution in [0.15, 0.2) is 60.9 Å². The zero-order chi connectivity index (χ0) is 25.3. The van der Waals surface area contributed by atoms with Gasteiger partial charge in [0.05, 0.1) is 12.9 Å². The van der Waals surface area contributed by atoms with Gasteiger partial charge in [-0.2, -0.15) is 9.97 Å². The van der Waals surface area contributed by atoms with Crippen LogP contribution in [0, 0.1) is 0 Å². The summed E-state index contributed by atoms with van der Waals surface area (Å²) >= 11 is 6.50. The molecule has 9 nitrogen and oxygen atoms in total. The first-order chi connectivity index (χ1) is 17.9. The third kappa shape index (κ3) is 3.65. The fourth-order valence-electron chi connectivity index (χ4n) is 5.86. The van der Waals surface area contributed by atoms with Crippen LogP contribution in [0.2, 0.25) is 5.28 Å². The fourth-order valence-corrected chi connectivity index (χ4v) is 6.02. The molecular weight excluding hydrogens is 494 g/mol. The minimum Gasteiger partial charge on any atom is -0.394 e. The Morgan fingerprint density at radius 3 is 2.59 bits per heavy atom. The number of imidazole rings is 1. The van der Waals surface area contributed by atoms with Gasteiger partial charge in [0.1, 0.15) is 18.3 Å². The topological polar surface area (TPSA) is 94.8 Å². The molecular formula is C27H26ClN5O4. The first-order valence-corrected chi connectivity index (χ1v) is 12.7. The summed E-state index contributed by atoms with van der Waals surface area (Å²) in [7, 11) is 0. The van der Waals surface area contributed by atoms with E-state index in [9.17, 15) is 5.11 Å². The number of halogens is 1. The molecule has 1 N–H and O–H groups in total. The Bertz CT molecular complexity index is 1480. The van der Waals surface area contributed by atoms with Crippen molar-refractivity contribution in [2.45, 2.75) is 50.1 Å². The summed E-state index contributed by atoms with van der Waals surface area (Å²) in [6, 6.07) is 18.8. The molecule has 190 valence electrons. The van der Waals surface area contributed by atoms with Gasteiger partial charge in [0.25, 0.3) is 0 Å². The SMILES string of the molecule is CC1(C)OC2C(O1)[C@@H](CO)O[C@H]2n1cnc2c(N3CC(c4ccccc4)c4ccccc43)nc(Cl)nc21. The molecule has 7 rings (SSSR count). The Morgan fingerprint density at radius 1 is 1.03 bits per heavy atom. The number of anilines is 2. The lowest BCUT2D eigenvalue weighted by atomic mass is 9.93. The van der Waals surface area contributed by atoms with Gasteiger partial charge in [0.2, 0.25) is 5.28 Å². The second kappa shape index (κ2) is 8.47. The molecule has 0 saturated carbocycles. The molecule has 0 aliphatic carbocycles. The van der Waals surface area contributed by atoms with Crippen LogP contribution >= 0.6 is 11.6 Å². The van der Waals surface area contributed by atoms with E-state index in [-0.39, 0.29) is 17.8 Å². The van der Waals surface area contributed by atoms with Gasteiger partial charge in [-0.15, -0.1) is 0 Å². The molecule has 0 bridgehead atoms. The number of benzene rings is 2. The predicted molar refractivity (Wildman–Crippen MR) is 137 cm³/mol. The molecule has 2 fully saturated rings. The predicted octanol–water partition coefficient (Wildman–Crippen LogP) is 4.17. The smallest absolute Gasteiger partial charge is 0.226 e. The van der Waals surface area contributed by atoms with Gasteiger partial charge in [0, 0.05) is 18.2 Å². The summed E-state index contributed by atoms with van der Waals surface area (Å²) in [4.78, 5) is 16.1. The van der Waals surface area contributed by atoms with Crippen LogP contribution in [0.1, 0.15) is 37.1 Å². The number of hydrogen-bond acceptors (Lipinski definition) is 8. The first kappa shape index (κ1) is 23.1. The number of aliphatic hydroxyl groups is 1. The zero-order valence-corrected chi connectivity index (χ0v) is 21.1. The van der Waals surface area contributed by atoms with E-state index in [4.69, 9.17) is 30.8 Å². The van der Waals surface area contributed by atoms with Crippen LogP contribution in [0.25, 0.3) is 11.2 Å². The van der Waals surface area contributed by atoms with Crippen LogP contribution in [-0.2, 0) is 14.2 Å². The van der Waals surface area contributed by atoms with Crippen LogP contribution < -0.4 is 4.90 Å². The van der Waals surface area contributed by atoms with Gasteiger partial charge in [0.15, 0.2) is 29.0 Å². The van der Waals surface area contributed by atoms with Crippen LogP contribution in [0.3, 0.4) is 0 Å². The quantitative estimate of drug-likeness (QED) is 0.401. The molecule has 2 saturated heterocycles. The Labute approximate surface area is 218 Å². The van der Waals surface area contributed by atoms with Gasteiger partial charge >= 0.3 is 0 Å². The number of hydrogen-bond donors (Lipinski definition) is 1. The molecule has 3 aliphatic rings. The van der Waals surface area contributed by atoms with E-state index >= 15 is 0 Å². The van der Waals surface area contributed by atoms with Crippen molar-refractivity contribution in [1.29, 1.82) is 0 Å². The molecule has 0 amide bonds. The van der Waals surface area contributed by atoms with E-state index in [1.807, 2.05) is 26.0 Å². The highest BCUT2D eigenvalue weighted by Crippen LogP contribution is 2.46. The maximum absolute atomic E-state index is 9.92. The van der Waals surface area contributed by atoms with E-state index in [1.54, 1.807) is 10.9 Å². The monoisotopic (exact) mass is 519 g/mol. The summed E-state index contributed by atoms with van der Waals surface area (Å²) in [6.07, 6.45) is -0.279. The van der Waals surface area contributed by atoms with Crippen LogP contribution in [0.5, 0.6) is 0 Å². The number of aliphatic hydroxyl groups excluding tert-OH is 1. The number of nitrogens with zero attached hydrogens (tertiary/aromatic N) is 5. The van der Waals surface area contributed by atoms with Crippen molar-refractivity contribution in [1.82, 2.24) is 19.5 Å². The largest absolute Gasteiger partial charge is 0.394 e. The van der Waals surface area contributed by atoms with Gasteiger partial charge in [-0.25, -0.2) is 4.98 Å². The van der Waals surface area contributed by atoms with E-state index < -0.39 is 30.3 Å². The second-order valence-corrected chi connectivity index (χ2v) is 10.4. The molecule has 0 radical (unpaired) electrons. The molecule has 2 aromatic heterocycles. The van der Waals surface area contributed by atoms with Crippen LogP contribution in [-0.4, -0.2) is 61.9 Å². The summed E-state index contributed by atoms with van der Waals surface area (Å²) < 4.78 is 20.2. The Morgan fingerprint density at radius 2 is 1.78 bits per heavy atom.